The molecule has 6 heteroatoms. The Labute approximate surface area is 160 Å². The number of amides is 1. The molecule has 1 aliphatic rings. The standard InChI is InChI=1S/C21H27FN4O/c1-15(2)9-10-23-20(27)17-4-3-11-26(14-17)21-24-12-18(13-25-21)16-5-7-19(22)8-6-16/h5-8,12-13,15,17H,3-4,9-11,14H2,1-2H3,(H,23,27). The van der Waals surface area contributed by atoms with Crippen LogP contribution in [-0.4, -0.2) is 35.5 Å². The van der Waals surface area contributed by atoms with Crippen molar-refractivity contribution < 1.29 is 9.18 Å². The summed E-state index contributed by atoms with van der Waals surface area (Å²) in [6.45, 7) is 6.54. The maximum Gasteiger partial charge on any atom is 0.225 e. The minimum absolute atomic E-state index is 0.0220. The van der Waals surface area contributed by atoms with Crippen molar-refractivity contribution in [1.29, 1.82) is 0 Å². The van der Waals surface area contributed by atoms with Crippen LogP contribution in [0.1, 0.15) is 33.1 Å². The Kier molecular flexibility index (Phi) is 6.37. The van der Waals surface area contributed by atoms with Crippen LogP contribution in [-0.2, 0) is 4.79 Å². The van der Waals surface area contributed by atoms with Gasteiger partial charge in [-0.2, -0.15) is 0 Å². The molecule has 0 aliphatic carbocycles. The van der Waals surface area contributed by atoms with Gasteiger partial charge in [0.15, 0.2) is 0 Å². The summed E-state index contributed by atoms with van der Waals surface area (Å²) in [6, 6.07) is 6.28. The molecular weight excluding hydrogens is 343 g/mol. The Bertz CT molecular complexity index is 746. The lowest BCUT2D eigenvalue weighted by Gasteiger charge is -2.32. The molecule has 144 valence electrons. The number of benzene rings is 1. The second-order valence-electron chi connectivity index (χ2n) is 7.54. The molecule has 1 N–H and O–H groups in total. The summed E-state index contributed by atoms with van der Waals surface area (Å²) in [4.78, 5) is 23.4. The van der Waals surface area contributed by atoms with Crippen molar-refractivity contribution in [2.45, 2.75) is 33.1 Å². The highest BCUT2D eigenvalue weighted by molar-refractivity contribution is 5.79. The van der Waals surface area contributed by atoms with E-state index in [1.807, 2.05) is 0 Å². The number of anilines is 1. The Morgan fingerprint density at radius 3 is 2.59 bits per heavy atom. The summed E-state index contributed by atoms with van der Waals surface area (Å²) >= 11 is 0. The van der Waals surface area contributed by atoms with Crippen LogP contribution in [0.4, 0.5) is 10.3 Å². The van der Waals surface area contributed by atoms with Gasteiger partial charge in [-0.1, -0.05) is 26.0 Å². The maximum absolute atomic E-state index is 13.1. The molecule has 1 unspecified atom stereocenters. The topological polar surface area (TPSA) is 58.1 Å². The van der Waals surface area contributed by atoms with Gasteiger partial charge in [0.2, 0.25) is 11.9 Å². The van der Waals surface area contributed by atoms with E-state index in [4.69, 9.17) is 0 Å². The molecule has 0 spiro atoms. The van der Waals surface area contributed by atoms with Crippen LogP contribution in [0.15, 0.2) is 36.7 Å². The van der Waals surface area contributed by atoms with Gasteiger partial charge in [-0.05, 0) is 42.9 Å². The first-order valence-corrected chi connectivity index (χ1v) is 9.63. The normalized spacial score (nSPS) is 17.2. The number of hydrogen-bond acceptors (Lipinski definition) is 4. The van der Waals surface area contributed by atoms with Gasteiger partial charge in [-0.3, -0.25) is 4.79 Å². The van der Waals surface area contributed by atoms with E-state index < -0.39 is 0 Å². The number of nitrogens with one attached hydrogen (secondary N) is 1. The Morgan fingerprint density at radius 1 is 1.22 bits per heavy atom. The van der Waals surface area contributed by atoms with E-state index in [-0.39, 0.29) is 17.6 Å². The third kappa shape index (κ3) is 5.25. The number of piperidine rings is 1. The number of hydrogen-bond donors (Lipinski definition) is 1. The molecule has 0 radical (unpaired) electrons. The molecule has 2 heterocycles. The van der Waals surface area contributed by atoms with Crippen LogP contribution in [0.3, 0.4) is 0 Å². The largest absolute Gasteiger partial charge is 0.356 e. The van der Waals surface area contributed by atoms with E-state index in [9.17, 15) is 9.18 Å². The molecule has 1 aromatic heterocycles. The number of nitrogens with zero attached hydrogens (tertiary/aromatic N) is 3. The van der Waals surface area contributed by atoms with E-state index >= 15 is 0 Å². The Morgan fingerprint density at radius 2 is 1.93 bits per heavy atom. The van der Waals surface area contributed by atoms with E-state index in [0.717, 1.165) is 43.5 Å². The summed E-state index contributed by atoms with van der Waals surface area (Å²) in [5.41, 5.74) is 1.72. The van der Waals surface area contributed by atoms with Crippen LogP contribution < -0.4 is 10.2 Å². The van der Waals surface area contributed by atoms with Crippen molar-refractivity contribution >= 4 is 11.9 Å². The Hall–Kier alpha value is -2.50. The summed E-state index contributed by atoms with van der Waals surface area (Å²) in [7, 11) is 0. The van der Waals surface area contributed by atoms with Gasteiger partial charge >= 0.3 is 0 Å². The maximum atomic E-state index is 13.1. The molecule has 1 amide bonds. The van der Waals surface area contributed by atoms with Crippen molar-refractivity contribution in [3.8, 4) is 11.1 Å². The predicted molar refractivity (Wildman–Crippen MR) is 105 cm³/mol. The minimum Gasteiger partial charge on any atom is -0.356 e. The lowest BCUT2D eigenvalue weighted by Crippen LogP contribution is -2.44. The van der Waals surface area contributed by atoms with Crippen LogP contribution in [0.2, 0.25) is 0 Å². The van der Waals surface area contributed by atoms with Crippen molar-refractivity contribution in [3.63, 3.8) is 0 Å². The van der Waals surface area contributed by atoms with E-state index in [0.29, 0.717) is 18.4 Å². The van der Waals surface area contributed by atoms with Gasteiger partial charge in [0.1, 0.15) is 5.82 Å². The van der Waals surface area contributed by atoms with E-state index in [2.05, 4.69) is 34.0 Å². The van der Waals surface area contributed by atoms with Crippen LogP contribution in [0, 0.1) is 17.7 Å². The quantitative estimate of drug-likeness (QED) is 0.843. The lowest BCUT2D eigenvalue weighted by atomic mass is 9.97. The van der Waals surface area contributed by atoms with Crippen LogP contribution >= 0.6 is 0 Å². The molecule has 1 fully saturated rings. The zero-order valence-corrected chi connectivity index (χ0v) is 16.0. The number of halogens is 1. The molecule has 0 bridgehead atoms. The highest BCUT2D eigenvalue weighted by atomic mass is 19.1. The van der Waals surface area contributed by atoms with E-state index in [1.165, 1.54) is 12.1 Å². The van der Waals surface area contributed by atoms with Crippen molar-refractivity contribution in [3.05, 3.63) is 42.5 Å². The van der Waals surface area contributed by atoms with Crippen LogP contribution in [0.25, 0.3) is 11.1 Å². The molecule has 0 saturated carbocycles. The molecule has 27 heavy (non-hydrogen) atoms. The predicted octanol–water partition coefficient (Wildman–Crippen LogP) is 3.66. The second-order valence-corrected chi connectivity index (χ2v) is 7.54. The van der Waals surface area contributed by atoms with Gasteiger partial charge in [-0.25, -0.2) is 14.4 Å². The average molecular weight is 370 g/mol. The molecule has 1 atom stereocenters. The number of aromatic nitrogens is 2. The fourth-order valence-corrected chi connectivity index (χ4v) is 3.28. The van der Waals surface area contributed by atoms with Crippen molar-refractivity contribution in [2.75, 3.05) is 24.5 Å². The average Bonchev–Trinajstić information content (AvgIpc) is 2.68. The highest BCUT2D eigenvalue weighted by Gasteiger charge is 2.26. The smallest absolute Gasteiger partial charge is 0.225 e. The summed E-state index contributed by atoms with van der Waals surface area (Å²) in [5, 5.41) is 3.05. The first kappa shape index (κ1) is 19.3. The highest BCUT2D eigenvalue weighted by Crippen LogP contribution is 2.23. The third-order valence-corrected chi connectivity index (χ3v) is 4.91. The first-order valence-electron chi connectivity index (χ1n) is 9.63. The summed E-state index contributed by atoms with van der Waals surface area (Å²) in [6.07, 6.45) is 6.35. The zero-order valence-electron chi connectivity index (χ0n) is 16.0. The lowest BCUT2D eigenvalue weighted by molar-refractivity contribution is -0.125. The summed E-state index contributed by atoms with van der Waals surface area (Å²) < 4.78 is 13.1. The van der Waals surface area contributed by atoms with Crippen molar-refractivity contribution in [1.82, 2.24) is 15.3 Å². The molecular formula is C21H27FN4O. The number of carbonyl (C=O) groups excluding carboxylic acids is 1. The number of rotatable bonds is 6. The van der Waals surface area contributed by atoms with Crippen molar-refractivity contribution in [2.24, 2.45) is 11.8 Å². The first-order chi connectivity index (χ1) is 13.0. The van der Waals surface area contributed by atoms with Gasteiger partial charge in [0.05, 0.1) is 5.92 Å². The second kappa shape index (κ2) is 8.93. The third-order valence-electron chi connectivity index (χ3n) is 4.91. The fraction of sp³-hybridized carbons (Fsp3) is 0.476. The fourth-order valence-electron chi connectivity index (χ4n) is 3.28. The van der Waals surface area contributed by atoms with E-state index in [1.54, 1.807) is 24.5 Å². The van der Waals surface area contributed by atoms with Gasteiger partial charge in [0.25, 0.3) is 0 Å². The molecule has 5 nitrogen and oxygen atoms in total. The molecule has 1 aliphatic heterocycles. The molecule has 2 aromatic rings. The van der Waals surface area contributed by atoms with Gasteiger partial charge in [0, 0.05) is 37.6 Å². The SMILES string of the molecule is CC(C)CCNC(=O)C1CCCN(c2ncc(-c3ccc(F)cc3)cn2)C1. The molecule has 1 saturated heterocycles. The monoisotopic (exact) mass is 370 g/mol. The minimum atomic E-state index is -0.262. The van der Waals surface area contributed by atoms with Crippen LogP contribution in [0.5, 0.6) is 0 Å². The zero-order chi connectivity index (χ0) is 19.2. The Balaban J connectivity index is 1.60. The molecule has 3 rings (SSSR count). The van der Waals surface area contributed by atoms with Gasteiger partial charge in [-0.15, -0.1) is 0 Å². The molecule has 1 aromatic carbocycles. The summed E-state index contributed by atoms with van der Waals surface area (Å²) in [5.74, 6) is 1.07. The van der Waals surface area contributed by atoms with Gasteiger partial charge < -0.3 is 10.2 Å². The number of carbonyl (C=O) groups is 1.